The van der Waals surface area contributed by atoms with Crippen molar-refractivity contribution in [2.24, 2.45) is 0 Å². The van der Waals surface area contributed by atoms with Crippen molar-refractivity contribution in [3.8, 4) is 0 Å². The van der Waals surface area contributed by atoms with Gasteiger partial charge in [0.15, 0.2) is 0 Å². The van der Waals surface area contributed by atoms with Gasteiger partial charge in [-0.15, -0.1) is 11.8 Å². The molecule has 0 atom stereocenters. The second-order valence-electron chi connectivity index (χ2n) is 11.9. The van der Waals surface area contributed by atoms with E-state index >= 15 is 0 Å². The Bertz CT molecular complexity index is 887. The van der Waals surface area contributed by atoms with Gasteiger partial charge in [0, 0.05) is 0 Å². The molecular formula is C34H50S. The first kappa shape index (κ1) is 29.5. The third-order valence-electron chi connectivity index (χ3n) is 6.98. The average Bonchev–Trinajstić information content (AvgIpc) is 2.77. The van der Waals surface area contributed by atoms with Crippen LogP contribution in [0.2, 0.25) is 0 Å². The lowest BCUT2D eigenvalue weighted by molar-refractivity contribution is 0.800. The standard InChI is InChI=1S/C34H50S/c1-21(2)27-17-31(23(5)6)29(32(18-27)24(7)8)13-15-35-16-14-30-33(25(9)10)19-28(22(3)4)20-34(30)26(11)12/h13-26H,1-12H3. The molecule has 0 aliphatic carbocycles. The van der Waals surface area contributed by atoms with Gasteiger partial charge in [-0.1, -0.05) is 107 Å². The lowest BCUT2D eigenvalue weighted by Gasteiger charge is -2.21. The van der Waals surface area contributed by atoms with Crippen LogP contribution in [0.15, 0.2) is 35.1 Å². The topological polar surface area (TPSA) is 0 Å². The third-order valence-corrected chi connectivity index (χ3v) is 7.57. The van der Waals surface area contributed by atoms with E-state index in [4.69, 9.17) is 0 Å². The minimum Gasteiger partial charge on any atom is -0.106 e. The molecule has 0 spiro atoms. The van der Waals surface area contributed by atoms with Crippen LogP contribution in [0.1, 0.15) is 163 Å². The first-order chi connectivity index (χ1) is 16.3. The van der Waals surface area contributed by atoms with Crippen LogP contribution in [0, 0.1) is 0 Å². The molecule has 0 aliphatic rings. The molecule has 2 aromatic rings. The van der Waals surface area contributed by atoms with Crippen molar-refractivity contribution >= 4 is 23.9 Å². The molecule has 0 heterocycles. The quantitative estimate of drug-likeness (QED) is 0.319. The van der Waals surface area contributed by atoms with E-state index in [0.717, 1.165) is 0 Å². The van der Waals surface area contributed by atoms with E-state index in [1.165, 1.54) is 44.5 Å². The Morgan fingerprint density at radius 1 is 0.429 bits per heavy atom. The van der Waals surface area contributed by atoms with Crippen molar-refractivity contribution in [2.45, 2.75) is 119 Å². The number of hydrogen-bond acceptors (Lipinski definition) is 1. The average molecular weight is 491 g/mol. The maximum Gasteiger partial charge on any atom is -0.0182 e. The highest BCUT2D eigenvalue weighted by atomic mass is 32.2. The molecule has 35 heavy (non-hydrogen) atoms. The summed E-state index contributed by atoms with van der Waals surface area (Å²) < 4.78 is 0. The second-order valence-corrected chi connectivity index (χ2v) is 12.7. The zero-order valence-corrected chi connectivity index (χ0v) is 25.3. The van der Waals surface area contributed by atoms with Gasteiger partial charge >= 0.3 is 0 Å². The predicted octanol–water partition coefficient (Wildman–Crippen LogP) is 11.8. The molecule has 0 fully saturated rings. The van der Waals surface area contributed by atoms with Crippen LogP contribution in [0.25, 0.3) is 12.2 Å². The highest BCUT2D eigenvalue weighted by Gasteiger charge is 2.16. The SMILES string of the molecule is CC(C)c1cc(C(C)C)c(C=CSC=Cc2c(C(C)C)cc(C(C)C)cc2C(C)C)c(C(C)C)c1. The molecule has 0 bridgehead atoms. The zero-order valence-electron chi connectivity index (χ0n) is 24.5. The fourth-order valence-electron chi connectivity index (χ4n) is 4.67. The van der Waals surface area contributed by atoms with E-state index in [2.05, 4.69) is 130 Å². The van der Waals surface area contributed by atoms with E-state index in [0.29, 0.717) is 35.5 Å². The molecule has 0 amide bonds. The maximum absolute atomic E-state index is 2.43. The number of hydrogen-bond donors (Lipinski definition) is 0. The fraction of sp³-hybridized carbons (Fsp3) is 0.529. The summed E-state index contributed by atoms with van der Waals surface area (Å²) in [5.74, 6) is 3.13. The van der Waals surface area contributed by atoms with Crippen LogP contribution in [0.3, 0.4) is 0 Å². The molecule has 0 saturated carbocycles. The lowest BCUT2D eigenvalue weighted by Crippen LogP contribution is -2.03. The summed E-state index contributed by atoms with van der Waals surface area (Å²) in [5, 5.41) is 4.54. The van der Waals surface area contributed by atoms with Gasteiger partial charge in [-0.25, -0.2) is 0 Å². The molecule has 0 radical (unpaired) electrons. The van der Waals surface area contributed by atoms with Gasteiger partial charge in [0.1, 0.15) is 0 Å². The van der Waals surface area contributed by atoms with Gasteiger partial charge in [0.2, 0.25) is 0 Å². The Morgan fingerprint density at radius 3 is 0.886 bits per heavy atom. The van der Waals surface area contributed by atoms with Gasteiger partial charge in [0.05, 0.1) is 0 Å². The summed E-state index contributed by atoms with van der Waals surface area (Å²) in [6.45, 7) is 27.7. The zero-order chi connectivity index (χ0) is 26.4. The van der Waals surface area contributed by atoms with Crippen LogP contribution in [0.5, 0.6) is 0 Å². The first-order valence-corrected chi connectivity index (χ1v) is 14.6. The Hall–Kier alpha value is -1.73. The minimum absolute atomic E-state index is 0.507. The molecule has 0 aliphatic heterocycles. The molecule has 1 heteroatoms. The van der Waals surface area contributed by atoms with Gasteiger partial charge in [0.25, 0.3) is 0 Å². The second kappa shape index (κ2) is 13.0. The van der Waals surface area contributed by atoms with Gasteiger partial charge < -0.3 is 0 Å². The minimum atomic E-state index is 0.507. The monoisotopic (exact) mass is 490 g/mol. The van der Waals surface area contributed by atoms with Crippen molar-refractivity contribution < 1.29 is 0 Å². The van der Waals surface area contributed by atoms with Gasteiger partial charge in [-0.3, -0.25) is 0 Å². The smallest absolute Gasteiger partial charge is 0.0182 e. The molecule has 0 unspecified atom stereocenters. The van der Waals surface area contributed by atoms with Crippen LogP contribution >= 0.6 is 11.8 Å². The molecule has 0 aromatic heterocycles. The third kappa shape index (κ3) is 7.63. The predicted molar refractivity (Wildman–Crippen MR) is 163 cm³/mol. The summed E-state index contributed by atoms with van der Waals surface area (Å²) >= 11 is 1.78. The van der Waals surface area contributed by atoms with Crippen LogP contribution in [0.4, 0.5) is 0 Å². The van der Waals surface area contributed by atoms with E-state index in [1.54, 1.807) is 11.8 Å². The normalized spacial score (nSPS) is 12.9. The lowest BCUT2D eigenvalue weighted by atomic mass is 9.84. The molecule has 2 aromatic carbocycles. The Kier molecular flexibility index (Phi) is 11.0. The molecule has 192 valence electrons. The molecule has 2 rings (SSSR count). The van der Waals surface area contributed by atoms with Crippen LogP contribution < -0.4 is 0 Å². The van der Waals surface area contributed by atoms with E-state index in [1.807, 2.05) is 0 Å². The summed E-state index contributed by atoms with van der Waals surface area (Å²) in [4.78, 5) is 0. The van der Waals surface area contributed by atoms with Crippen LogP contribution in [-0.4, -0.2) is 0 Å². The van der Waals surface area contributed by atoms with Crippen molar-refractivity contribution in [1.29, 1.82) is 0 Å². The van der Waals surface area contributed by atoms with Gasteiger partial charge in [-0.2, -0.15) is 0 Å². The first-order valence-electron chi connectivity index (χ1n) is 13.7. The van der Waals surface area contributed by atoms with E-state index in [-0.39, 0.29) is 0 Å². The Balaban J connectivity index is 2.42. The van der Waals surface area contributed by atoms with E-state index < -0.39 is 0 Å². The molecule has 0 saturated heterocycles. The number of rotatable bonds is 10. The maximum atomic E-state index is 2.43. The van der Waals surface area contributed by atoms with Crippen molar-refractivity contribution in [3.05, 3.63) is 79.6 Å². The molecule has 0 N–H and O–H groups in total. The summed E-state index contributed by atoms with van der Waals surface area (Å²) in [6.07, 6.45) is 4.69. The fourth-order valence-corrected chi connectivity index (χ4v) is 5.19. The van der Waals surface area contributed by atoms with Crippen molar-refractivity contribution in [3.63, 3.8) is 0 Å². The molecule has 0 nitrogen and oxygen atoms in total. The van der Waals surface area contributed by atoms with Crippen LogP contribution in [-0.2, 0) is 0 Å². The molecular weight excluding hydrogens is 440 g/mol. The Morgan fingerprint density at radius 2 is 0.686 bits per heavy atom. The van der Waals surface area contributed by atoms with Crippen molar-refractivity contribution in [2.75, 3.05) is 0 Å². The highest BCUT2D eigenvalue weighted by Crippen LogP contribution is 2.35. The number of benzene rings is 2. The highest BCUT2D eigenvalue weighted by molar-refractivity contribution is 8.05. The summed E-state index contributed by atoms with van der Waals surface area (Å²) in [6, 6.07) is 9.73. The summed E-state index contributed by atoms with van der Waals surface area (Å²) in [7, 11) is 0. The van der Waals surface area contributed by atoms with Gasteiger partial charge in [-0.05, 0) is 103 Å². The largest absolute Gasteiger partial charge is 0.106 e. The van der Waals surface area contributed by atoms with Crippen molar-refractivity contribution in [1.82, 2.24) is 0 Å². The Labute approximate surface area is 221 Å². The van der Waals surface area contributed by atoms with E-state index in [9.17, 15) is 0 Å². The summed E-state index contributed by atoms with van der Waals surface area (Å²) in [5.41, 5.74) is 11.6. The number of thioether (sulfide) groups is 1.